The molecule has 0 saturated heterocycles. The smallest absolute Gasteiger partial charge is 0.244 e. The van der Waals surface area contributed by atoms with Crippen molar-refractivity contribution in [3.05, 3.63) is 23.2 Å². The second-order valence-electron chi connectivity index (χ2n) is 3.90. The van der Waals surface area contributed by atoms with E-state index in [0.717, 1.165) is 0 Å². The van der Waals surface area contributed by atoms with E-state index in [9.17, 15) is 13.2 Å². The number of carbonyl (C=O) groups excluding carboxylic acids is 1. The maximum atomic E-state index is 12.1. The van der Waals surface area contributed by atoms with Gasteiger partial charge in [-0.3, -0.25) is 4.79 Å². The average molecular weight is 306 g/mol. The highest BCUT2D eigenvalue weighted by molar-refractivity contribution is 7.89. The summed E-state index contributed by atoms with van der Waals surface area (Å²) in [5.41, 5.74) is 5.64. The Balaban J connectivity index is 3.03. The first-order valence-corrected chi connectivity index (χ1v) is 7.49. The van der Waals surface area contributed by atoms with Gasteiger partial charge in [-0.15, -0.1) is 0 Å². The minimum Gasteiger partial charge on any atom is -0.398 e. The molecule has 1 amide bonds. The molecule has 1 atom stereocenters. The van der Waals surface area contributed by atoms with Crippen molar-refractivity contribution < 1.29 is 13.2 Å². The summed E-state index contributed by atoms with van der Waals surface area (Å²) < 4.78 is 26.5. The van der Waals surface area contributed by atoms with Crippen molar-refractivity contribution >= 4 is 33.2 Å². The molecule has 1 rings (SSSR count). The van der Waals surface area contributed by atoms with E-state index in [1.807, 2.05) is 0 Å². The van der Waals surface area contributed by atoms with Crippen LogP contribution in [0.5, 0.6) is 0 Å². The van der Waals surface area contributed by atoms with Gasteiger partial charge in [-0.1, -0.05) is 17.7 Å². The van der Waals surface area contributed by atoms with Crippen molar-refractivity contribution in [3.8, 4) is 0 Å². The average Bonchev–Trinajstić information content (AvgIpc) is 2.27. The molecule has 8 heteroatoms. The van der Waals surface area contributed by atoms with E-state index in [2.05, 4.69) is 10.0 Å². The highest BCUT2D eigenvalue weighted by atomic mass is 35.5. The number of halogens is 1. The number of hydrogen-bond donors (Lipinski definition) is 3. The standard InChI is InChI=1S/C11H16ClN3O3S/c1-3-14-11(16)7(2)15-19(17,18)10-8(12)5-4-6-9(10)13/h4-7,15H,3,13H2,1-2H3,(H,14,16). The highest BCUT2D eigenvalue weighted by Crippen LogP contribution is 2.26. The second-order valence-corrected chi connectivity index (χ2v) is 5.95. The Labute approximate surface area is 117 Å². The van der Waals surface area contributed by atoms with Crippen LogP contribution in [0.4, 0.5) is 5.69 Å². The summed E-state index contributed by atoms with van der Waals surface area (Å²) in [7, 11) is -3.95. The van der Waals surface area contributed by atoms with Crippen LogP contribution < -0.4 is 15.8 Å². The molecule has 1 unspecified atom stereocenters. The van der Waals surface area contributed by atoms with Crippen LogP contribution in [-0.4, -0.2) is 26.9 Å². The second kappa shape index (κ2) is 6.23. The summed E-state index contributed by atoms with van der Waals surface area (Å²) in [6.07, 6.45) is 0. The lowest BCUT2D eigenvalue weighted by molar-refractivity contribution is -0.122. The largest absolute Gasteiger partial charge is 0.398 e. The van der Waals surface area contributed by atoms with E-state index in [0.29, 0.717) is 6.54 Å². The van der Waals surface area contributed by atoms with Crippen LogP contribution in [0, 0.1) is 0 Å². The molecule has 0 radical (unpaired) electrons. The molecule has 0 aliphatic heterocycles. The summed E-state index contributed by atoms with van der Waals surface area (Å²) in [5.74, 6) is -0.420. The third kappa shape index (κ3) is 3.82. The quantitative estimate of drug-likeness (QED) is 0.698. The Morgan fingerprint density at radius 2 is 2.11 bits per heavy atom. The van der Waals surface area contributed by atoms with Crippen molar-refractivity contribution in [1.29, 1.82) is 0 Å². The number of sulfonamides is 1. The van der Waals surface area contributed by atoms with E-state index < -0.39 is 22.0 Å². The number of nitrogens with one attached hydrogen (secondary N) is 2. The highest BCUT2D eigenvalue weighted by Gasteiger charge is 2.25. The minimum absolute atomic E-state index is 0.00981. The third-order valence-corrected chi connectivity index (χ3v) is 4.43. The number of nitrogen functional groups attached to an aromatic ring is 1. The van der Waals surface area contributed by atoms with E-state index in [4.69, 9.17) is 17.3 Å². The molecule has 6 nitrogen and oxygen atoms in total. The fourth-order valence-corrected chi connectivity index (χ4v) is 3.36. The minimum atomic E-state index is -3.95. The van der Waals surface area contributed by atoms with Gasteiger partial charge in [-0.05, 0) is 26.0 Å². The molecule has 0 aliphatic carbocycles. The summed E-state index contributed by atoms with van der Waals surface area (Å²) in [4.78, 5) is 11.3. The Morgan fingerprint density at radius 3 is 2.63 bits per heavy atom. The monoisotopic (exact) mass is 305 g/mol. The number of amides is 1. The third-order valence-electron chi connectivity index (χ3n) is 2.34. The lowest BCUT2D eigenvalue weighted by Gasteiger charge is -2.15. The van der Waals surface area contributed by atoms with Gasteiger partial charge in [0.2, 0.25) is 15.9 Å². The van der Waals surface area contributed by atoms with Crippen LogP contribution in [0.25, 0.3) is 0 Å². The summed E-state index contributed by atoms with van der Waals surface area (Å²) in [5, 5.41) is 2.53. The molecule has 0 heterocycles. The molecule has 1 aromatic rings. The van der Waals surface area contributed by atoms with Crippen LogP contribution in [0.15, 0.2) is 23.1 Å². The number of carbonyl (C=O) groups is 1. The number of rotatable bonds is 5. The molecule has 0 bridgehead atoms. The molecule has 0 aromatic heterocycles. The van der Waals surface area contributed by atoms with E-state index in [1.54, 1.807) is 13.0 Å². The zero-order valence-corrected chi connectivity index (χ0v) is 12.2. The van der Waals surface area contributed by atoms with Crippen molar-refractivity contribution in [1.82, 2.24) is 10.0 Å². The van der Waals surface area contributed by atoms with Crippen LogP contribution in [0.2, 0.25) is 5.02 Å². The van der Waals surface area contributed by atoms with Gasteiger partial charge in [0, 0.05) is 6.54 Å². The zero-order chi connectivity index (χ0) is 14.6. The summed E-state index contributed by atoms with van der Waals surface area (Å²) in [6, 6.07) is 3.48. The molecule has 0 saturated carbocycles. The molecule has 19 heavy (non-hydrogen) atoms. The lowest BCUT2D eigenvalue weighted by Crippen LogP contribution is -2.44. The van der Waals surface area contributed by atoms with Gasteiger partial charge in [0.05, 0.1) is 16.8 Å². The molecular formula is C11H16ClN3O3S. The predicted octanol–water partition coefficient (Wildman–Crippen LogP) is 0.725. The first-order valence-electron chi connectivity index (χ1n) is 5.63. The molecule has 0 spiro atoms. The lowest BCUT2D eigenvalue weighted by atomic mass is 10.3. The van der Waals surface area contributed by atoms with Gasteiger partial charge in [0.1, 0.15) is 4.90 Å². The number of nitrogens with two attached hydrogens (primary N) is 1. The van der Waals surface area contributed by atoms with E-state index >= 15 is 0 Å². The Hall–Kier alpha value is -1.31. The van der Waals surface area contributed by atoms with Gasteiger partial charge in [0.15, 0.2) is 0 Å². The van der Waals surface area contributed by atoms with Gasteiger partial charge in [0.25, 0.3) is 0 Å². The molecule has 106 valence electrons. The van der Waals surface area contributed by atoms with Crippen molar-refractivity contribution in [2.45, 2.75) is 24.8 Å². The predicted molar refractivity (Wildman–Crippen MR) is 74.3 cm³/mol. The topological polar surface area (TPSA) is 101 Å². The van der Waals surface area contributed by atoms with Gasteiger partial charge < -0.3 is 11.1 Å². The SMILES string of the molecule is CCNC(=O)C(C)NS(=O)(=O)c1c(N)cccc1Cl. The first kappa shape index (κ1) is 15.7. The van der Waals surface area contributed by atoms with Gasteiger partial charge >= 0.3 is 0 Å². The van der Waals surface area contributed by atoms with Crippen molar-refractivity contribution in [2.75, 3.05) is 12.3 Å². The Morgan fingerprint density at radius 1 is 1.47 bits per heavy atom. The fourth-order valence-electron chi connectivity index (χ4n) is 1.48. The van der Waals surface area contributed by atoms with Crippen LogP contribution >= 0.6 is 11.6 Å². The van der Waals surface area contributed by atoms with Gasteiger partial charge in [-0.2, -0.15) is 4.72 Å². The number of likely N-dealkylation sites (N-methyl/N-ethyl adjacent to an activating group) is 1. The molecule has 0 fully saturated rings. The zero-order valence-electron chi connectivity index (χ0n) is 10.6. The van der Waals surface area contributed by atoms with E-state index in [-0.39, 0.29) is 15.6 Å². The Bertz CT molecular complexity index is 554. The van der Waals surface area contributed by atoms with Gasteiger partial charge in [-0.25, -0.2) is 8.42 Å². The maximum absolute atomic E-state index is 12.1. The first-order chi connectivity index (χ1) is 8.79. The molecule has 4 N–H and O–H groups in total. The van der Waals surface area contributed by atoms with Crippen LogP contribution in [0.1, 0.15) is 13.8 Å². The summed E-state index contributed by atoms with van der Waals surface area (Å²) in [6.45, 7) is 3.60. The Kier molecular flexibility index (Phi) is 5.16. The molecular weight excluding hydrogens is 290 g/mol. The summed E-state index contributed by atoms with van der Waals surface area (Å²) >= 11 is 5.84. The number of hydrogen-bond acceptors (Lipinski definition) is 4. The normalized spacial score (nSPS) is 13.0. The maximum Gasteiger partial charge on any atom is 0.244 e. The van der Waals surface area contributed by atoms with Crippen LogP contribution in [0.3, 0.4) is 0 Å². The van der Waals surface area contributed by atoms with Crippen molar-refractivity contribution in [3.63, 3.8) is 0 Å². The van der Waals surface area contributed by atoms with Crippen molar-refractivity contribution in [2.24, 2.45) is 0 Å². The molecule has 1 aromatic carbocycles. The fraction of sp³-hybridized carbons (Fsp3) is 0.364. The van der Waals surface area contributed by atoms with Crippen LogP contribution in [-0.2, 0) is 14.8 Å². The molecule has 0 aliphatic rings. The number of benzene rings is 1. The van der Waals surface area contributed by atoms with E-state index in [1.165, 1.54) is 19.1 Å². The number of anilines is 1.